The zero-order valence-corrected chi connectivity index (χ0v) is 9.89. The van der Waals surface area contributed by atoms with Crippen molar-refractivity contribution in [3.8, 4) is 0 Å². The van der Waals surface area contributed by atoms with Gasteiger partial charge in [0.05, 0.1) is 0 Å². The molecule has 2 rings (SSSR count). The van der Waals surface area contributed by atoms with Crippen molar-refractivity contribution in [2.45, 2.75) is 25.3 Å². The highest BCUT2D eigenvalue weighted by molar-refractivity contribution is 5.98. The van der Waals surface area contributed by atoms with Gasteiger partial charge >= 0.3 is 0 Å². The van der Waals surface area contributed by atoms with Gasteiger partial charge in [-0.3, -0.25) is 0 Å². The van der Waals surface area contributed by atoms with E-state index in [1.807, 2.05) is 30.3 Å². The lowest BCUT2D eigenvalue weighted by molar-refractivity contribution is 0.743. The number of allylic oxidation sites excluding steroid dienone is 3. The lowest BCUT2D eigenvalue weighted by Crippen LogP contribution is -2.26. The molecule has 0 fully saturated rings. The van der Waals surface area contributed by atoms with Crippen LogP contribution < -0.4 is 5.73 Å². The fourth-order valence-corrected chi connectivity index (χ4v) is 2.04. The minimum atomic E-state index is -0.0207. The molecule has 0 heterocycles. The summed E-state index contributed by atoms with van der Waals surface area (Å²) in [6.45, 7) is 0. The Morgan fingerprint density at radius 3 is 2.71 bits per heavy atom. The van der Waals surface area contributed by atoms with E-state index in [0.29, 0.717) is 12.1 Å². The largest absolute Gasteiger partial charge is 0.324 e. The lowest BCUT2D eigenvalue weighted by atomic mass is 9.93. The van der Waals surface area contributed by atoms with Crippen LogP contribution in [0.5, 0.6) is 0 Å². The topological polar surface area (TPSA) is 49.9 Å². The van der Waals surface area contributed by atoms with Gasteiger partial charge in [0, 0.05) is 18.2 Å². The van der Waals surface area contributed by atoms with Gasteiger partial charge in [-0.25, -0.2) is 0 Å². The van der Waals surface area contributed by atoms with Crippen molar-refractivity contribution in [3.63, 3.8) is 0 Å². The van der Waals surface area contributed by atoms with Crippen molar-refractivity contribution < 1.29 is 0 Å². The van der Waals surface area contributed by atoms with Gasteiger partial charge in [-0.05, 0) is 18.4 Å². The molecule has 0 saturated carbocycles. The predicted octanol–water partition coefficient (Wildman–Crippen LogP) is 3.05. The van der Waals surface area contributed by atoms with Gasteiger partial charge in [-0.1, -0.05) is 54.1 Å². The van der Waals surface area contributed by atoms with Crippen molar-refractivity contribution >= 4 is 5.71 Å². The molecule has 3 N–H and O–H groups in total. The number of rotatable bonds is 4. The SMILES string of the molecule is N=C(CC(N)C1=CC=CCC1)c1ccccc1. The Morgan fingerprint density at radius 1 is 1.29 bits per heavy atom. The third kappa shape index (κ3) is 3.14. The van der Waals surface area contributed by atoms with Crippen molar-refractivity contribution in [2.75, 3.05) is 0 Å². The second-order valence-corrected chi connectivity index (χ2v) is 4.36. The zero-order valence-electron chi connectivity index (χ0n) is 9.89. The summed E-state index contributed by atoms with van der Waals surface area (Å²) in [5.41, 5.74) is 8.99. The van der Waals surface area contributed by atoms with E-state index in [9.17, 15) is 0 Å². The number of hydrogen-bond donors (Lipinski definition) is 2. The van der Waals surface area contributed by atoms with Gasteiger partial charge < -0.3 is 11.1 Å². The molecule has 2 heteroatoms. The van der Waals surface area contributed by atoms with Crippen molar-refractivity contribution in [1.29, 1.82) is 5.41 Å². The van der Waals surface area contributed by atoms with E-state index in [-0.39, 0.29) is 6.04 Å². The molecule has 1 unspecified atom stereocenters. The Hall–Kier alpha value is -1.67. The average molecular weight is 226 g/mol. The molecular formula is C15H18N2. The number of hydrogen-bond acceptors (Lipinski definition) is 2. The van der Waals surface area contributed by atoms with Gasteiger partial charge in [0.2, 0.25) is 0 Å². The Balaban J connectivity index is 1.99. The summed E-state index contributed by atoms with van der Waals surface area (Å²) >= 11 is 0. The first-order valence-electron chi connectivity index (χ1n) is 6.01. The normalized spacial score (nSPS) is 16.4. The van der Waals surface area contributed by atoms with Gasteiger partial charge in [0.1, 0.15) is 0 Å². The maximum atomic E-state index is 8.05. The summed E-state index contributed by atoms with van der Waals surface area (Å²) in [7, 11) is 0. The molecule has 0 aliphatic heterocycles. The molecule has 1 aromatic rings. The van der Waals surface area contributed by atoms with Crippen LogP contribution in [0.4, 0.5) is 0 Å². The molecular weight excluding hydrogens is 208 g/mol. The second kappa shape index (κ2) is 5.60. The molecule has 0 amide bonds. The highest BCUT2D eigenvalue weighted by Crippen LogP contribution is 2.17. The first-order valence-corrected chi connectivity index (χ1v) is 6.01. The molecule has 88 valence electrons. The third-order valence-corrected chi connectivity index (χ3v) is 3.07. The standard InChI is InChI=1S/C15H18N2/c16-14(12-7-3-1-4-8-12)11-15(17)13-9-5-2-6-10-13/h1-5,7-9,15-16H,6,10-11,17H2. The van der Waals surface area contributed by atoms with Gasteiger partial charge in [-0.15, -0.1) is 0 Å². The predicted molar refractivity (Wildman–Crippen MR) is 72.3 cm³/mol. The van der Waals surface area contributed by atoms with Crippen LogP contribution in [0.1, 0.15) is 24.8 Å². The summed E-state index contributed by atoms with van der Waals surface area (Å²) < 4.78 is 0. The number of benzene rings is 1. The van der Waals surface area contributed by atoms with E-state index in [4.69, 9.17) is 11.1 Å². The molecule has 1 aliphatic rings. The third-order valence-electron chi connectivity index (χ3n) is 3.07. The first kappa shape index (κ1) is 11.8. The van der Waals surface area contributed by atoms with Crippen LogP contribution >= 0.6 is 0 Å². The Kier molecular flexibility index (Phi) is 3.89. The average Bonchev–Trinajstić information content (AvgIpc) is 2.40. The summed E-state index contributed by atoms with van der Waals surface area (Å²) in [5.74, 6) is 0. The monoisotopic (exact) mass is 226 g/mol. The Labute approximate surface area is 102 Å². The number of nitrogens with one attached hydrogen (secondary N) is 1. The second-order valence-electron chi connectivity index (χ2n) is 4.36. The molecule has 0 aromatic heterocycles. The molecule has 0 bridgehead atoms. The van der Waals surface area contributed by atoms with Crippen LogP contribution in [-0.2, 0) is 0 Å². The summed E-state index contributed by atoms with van der Waals surface area (Å²) in [6.07, 6.45) is 9.01. The summed E-state index contributed by atoms with van der Waals surface area (Å²) in [4.78, 5) is 0. The fourth-order valence-electron chi connectivity index (χ4n) is 2.04. The lowest BCUT2D eigenvalue weighted by Gasteiger charge is -2.17. The molecule has 17 heavy (non-hydrogen) atoms. The van der Waals surface area contributed by atoms with Crippen LogP contribution in [-0.4, -0.2) is 11.8 Å². The van der Waals surface area contributed by atoms with Gasteiger partial charge in [0.15, 0.2) is 0 Å². The van der Waals surface area contributed by atoms with Crippen molar-refractivity contribution in [2.24, 2.45) is 5.73 Å². The minimum Gasteiger partial charge on any atom is -0.324 e. The smallest absolute Gasteiger partial charge is 0.0404 e. The van der Waals surface area contributed by atoms with E-state index >= 15 is 0 Å². The highest BCUT2D eigenvalue weighted by atomic mass is 14.6. The maximum absolute atomic E-state index is 8.05. The molecule has 2 nitrogen and oxygen atoms in total. The van der Waals surface area contributed by atoms with Gasteiger partial charge in [0.25, 0.3) is 0 Å². The molecule has 1 aromatic carbocycles. The van der Waals surface area contributed by atoms with Crippen LogP contribution in [0.2, 0.25) is 0 Å². The van der Waals surface area contributed by atoms with Gasteiger partial charge in [-0.2, -0.15) is 0 Å². The quantitative estimate of drug-likeness (QED) is 0.762. The van der Waals surface area contributed by atoms with Crippen molar-refractivity contribution in [3.05, 3.63) is 59.7 Å². The minimum absolute atomic E-state index is 0.0207. The molecule has 0 radical (unpaired) electrons. The van der Waals surface area contributed by atoms with Crippen LogP contribution in [0.25, 0.3) is 0 Å². The van der Waals surface area contributed by atoms with Crippen molar-refractivity contribution in [1.82, 2.24) is 0 Å². The van der Waals surface area contributed by atoms with E-state index in [1.54, 1.807) is 0 Å². The van der Waals surface area contributed by atoms with E-state index < -0.39 is 0 Å². The van der Waals surface area contributed by atoms with E-state index in [1.165, 1.54) is 5.57 Å². The zero-order chi connectivity index (χ0) is 12.1. The number of nitrogens with two attached hydrogens (primary N) is 1. The highest BCUT2D eigenvalue weighted by Gasteiger charge is 2.13. The van der Waals surface area contributed by atoms with Crippen LogP contribution in [0, 0.1) is 5.41 Å². The molecule has 0 saturated heterocycles. The molecule has 0 spiro atoms. The Bertz CT molecular complexity index is 443. The van der Waals surface area contributed by atoms with E-state index in [0.717, 1.165) is 18.4 Å². The first-order chi connectivity index (χ1) is 8.27. The van der Waals surface area contributed by atoms with Crippen LogP contribution in [0.3, 0.4) is 0 Å². The fraction of sp³-hybridized carbons (Fsp3) is 0.267. The summed E-state index contributed by atoms with van der Waals surface area (Å²) in [6, 6.07) is 9.78. The maximum Gasteiger partial charge on any atom is 0.0404 e. The molecule has 1 atom stereocenters. The molecule has 1 aliphatic carbocycles. The van der Waals surface area contributed by atoms with E-state index in [2.05, 4.69) is 18.2 Å². The van der Waals surface area contributed by atoms with Crippen LogP contribution in [0.15, 0.2) is 54.1 Å². The Morgan fingerprint density at radius 2 is 2.06 bits per heavy atom. The summed E-state index contributed by atoms with van der Waals surface area (Å²) in [5, 5.41) is 8.05.